The molecule has 0 fully saturated rings. The summed E-state index contributed by atoms with van der Waals surface area (Å²) in [5, 5.41) is 5.11. The monoisotopic (exact) mass is 250 g/mol. The quantitative estimate of drug-likeness (QED) is 0.642. The van der Waals surface area contributed by atoms with E-state index in [1.807, 2.05) is 13.8 Å². The Hall–Kier alpha value is -2.08. The van der Waals surface area contributed by atoms with Crippen LogP contribution in [0.2, 0.25) is 0 Å². The van der Waals surface area contributed by atoms with E-state index in [1.165, 1.54) is 0 Å². The van der Waals surface area contributed by atoms with Crippen molar-refractivity contribution in [1.29, 1.82) is 0 Å². The zero-order valence-corrected chi connectivity index (χ0v) is 10.4. The molecular formula is C12H18N4O2. The summed E-state index contributed by atoms with van der Waals surface area (Å²) in [4.78, 5) is 22.4. The summed E-state index contributed by atoms with van der Waals surface area (Å²) in [6.45, 7) is 3.74. The number of carbonyl (C=O) groups excluding carboxylic acids is 2. The molecule has 0 spiro atoms. The molecule has 0 saturated heterocycles. The van der Waals surface area contributed by atoms with Crippen LogP contribution in [0.1, 0.15) is 13.8 Å². The molecule has 1 unspecified atom stereocenters. The molecule has 6 nitrogen and oxygen atoms in total. The first-order chi connectivity index (χ1) is 8.40. The molecule has 0 bridgehead atoms. The van der Waals surface area contributed by atoms with Crippen LogP contribution in [-0.2, 0) is 4.79 Å². The SMILES string of the molecule is CC(C)C(N)C(=O)Nc1cccc(NC(N)=O)c1. The lowest BCUT2D eigenvalue weighted by molar-refractivity contribution is -0.118. The standard InChI is InChI=1S/C12H18N4O2/c1-7(2)10(13)11(17)15-8-4-3-5-9(6-8)16-12(14)18/h3-7,10H,13H2,1-2H3,(H,15,17)(H3,14,16,18). The van der Waals surface area contributed by atoms with Crippen molar-refractivity contribution in [3.05, 3.63) is 24.3 Å². The fraction of sp³-hybridized carbons (Fsp3) is 0.333. The molecule has 18 heavy (non-hydrogen) atoms. The van der Waals surface area contributed by atoms with Gasteiger partial charge in [-0.3, -0.25) is 4.79 Å². The molecule has 0 aromatic heterocycles. The van der Waals surface area contributed by atoms with Crippen LogP contribution in [0.4, 0.5) is 16.2 Å². The Morgan fingerprint density at radius 3 is 2.22 bits per heavy atom. The third-order valence-corrected chi connectivity index (χ3v) is 2.42. The van der Waals surface area contributed by atoms with Gasteiger partial charge in [0.25, 0.3) is 0 Å². The highest BCUT2D eigenvalue weighted by Gasteiger charge is 2.17. The predicted octanol–water partition coefficient (Wildman–Crippen LogP) is 1.10. The normalized spacial score (nSPS) is 12.0. The first kappa shape index (κ1) is 14.0. The Labute approximate surface area is 106 Å². The van der Waals surface area contributed by atoms with Crippen molar-refractivity contribution in [3.8, 4) is 0 Å². The minimum absolute atomic E-state index is 0.0527. The van der Waals surface area contributed by atoms with Gasteiger partial charge in [0, 0.05) is 11.4 Å². The molecule has 0 saturated carbocycles. The second-order valence-corrected chi connectivity index (χ2v) is 4.33. The summed E-state index contributed by atoms with van der Waals surface area (Å²) in [7, 11) is 0. The average molecular weight is 250 g/mol. The van der Waals surface area contributed by atoms with Crippen LogP contribution in [0.15, 0.2) is 24.3 Å². The smallest absolute Gasteiger partial charge is 0.316 e. The fourth-order valence-corrected chi connectivity index (χ4v) is 1.35. The van der Waals surface area contributed by atoms with Crippen molar-refractivity contribution in [2.75, 3.05) is 10.6 Å². The minimum Gasteiger partial charge on any atom is -0.351 e. The van der Waals surface area contributed by atoms with Gasteiger partial charge in [-0.2, -0.15) is 0 Å². The molecule has 1 rings (SSSR count). The molecule has 0 aliphatic rings. The summed E-state index contributed by atoms with van der Waals surface area (Å²) in [6, 6.07) is 5.45. The van der Waals surface area contributed by atoms with Crippen molar-refractivity contribution < 1.29 is 9.59 Å². The lowest BCUT2D eigenvalue weighted by atomic mass is 10.0. The average Bonchev–Trinajstić information content (AvgIpc) is 2.27. The van der Waals surface area contributed by atoms with E-state index >= 15 is 0 Å². The van der Waals surface area contributed by atoms with Crippen molar-refractivity contribution in [1.82, 2.24) is 0 Å². The summed E-state index contributed by atoms with van der Waals surface area (Å²) < 4.78 is 0. The Bertz CT molecular complexity index is 445. The molecule has 0 heterocycles. The number of urea groups is 1. The van der Waals surface area contributed by atoms with Gasteiger partial charge in [-0.1, -0.05) is 19.9 Å². The highest BCUT2D eigenvalue weighted by atomic mass is 16.2. The van der Waals surface area contributed by atoms with Crippen LogP contribution in [0, 0.1) is 5.92 Å². The maximum atomic E-state index is 11.7. The van der Waals surface area contributed by atoms with E-state index in [0.29, 0.717) is 11.4 Å². The van der Waals surface area contributed by atoms with Crippen LogP contribution in [-0.4, -0.2) is 18.0 Å². The van der Waals surface area contributed by atoms with Crippen LogP contribution in [0.3, 0.4) is 0 Å². The van der Waals surface area contributed by atoms with Crippen LogP contribution >= 0.6 is 0 Å². The Kier molecular flexibility index (Phi) is 4.67. The molecule has 6 heteroatoms. The second kappa shape index (κ2) is 6.02. The predicted molar refractivity (Wildman–Crippen MR) is 71.1 cm³/mol. The molecular weight excluding hydrogens is 232 g/mol. The van der Waals surface area contributed by atoms with Crippen molar-refractivity contribution in [2.24, 2.45) is 17.4 Å². The van der Waals surface area contributed by atoms with E-state index < -0.39 is 12.1 Å². The van der Waals surface area contributed by atoms with Gasteiger partial charge < -0.3 is 22.1 Å². The number of anilines is 2. The molecule has 3 amide bonds. The van der Waals surface area contributed by atoms with E-state index in [9.17, 15) is 9.59 Å². The molecule has 0 aliphatic heterocycles. The number of nitrogens with two attached hydrogens (primary N) is 2. The summed E-state index contributed by atoms with van der Waals surface area (Å²) in [5.41, 5.74) is 11.8. The molecule has 6 N–H and O–H groups in total. The lowest BCUT2D eigenvalue weighted by Gasteiger charge is -2.15. The van der Waals surface area contributed by atoms with E-state index in [4.69, 9.17) is 11.5 Å². The van der Waals surface area contributed by atoms with E-state index in [2.05, 4.69) is 10.6 Å². The van der Waals surface area contributed by atoms with Gasteiger partial charge in [0.05, 0.1) is 6.04 Å². The number of rotatable bonds is 4. The van der Waals surface area contributed by atoms with E-state index in [0.717, 1.165) is 0 Å². The number of hydrogen-bond donors (Lipinski definition) is 4. The van der Waals surface area contributed by atoms with Gasteiger partial charge >= 0.3 is 6.03 Å². The number of primary amides is 1. The molecule has 98 valence electrons. The maximum Gasteiger partial charge on any atom is 0.316 e. The highest BCUT2D eigenvalue weighted by molar-refractivity contribution is 5.96. The van der Waals surface area contributed by atoms with E-state index in [-0.39, 0.29) is 11.8 Å². The van der Waals surface area contributed by atoms with Gasteiger partial charge in [0.15, 0.2) is 0 Å². The topological polar surface area (TPSA) is 110 Å². The largest absolute Gasteiger partial charge is 0.351 e. The second-order valence-electron chi connectivity index (χ2n) is 4.33. The van der Waals surface area contributed by atoms with Crippen LogP contribution in [0.5, 0.6) is 0 Å². The van der Waals surface area contributed by atoms with Crippen molar-refractivity contribution in [2.45, 2.75) is 19.9 Å². The van der Waals surface area contributed by atoms with Crippen LogP contribution in [0.25, 0.3) is 0 Å². The summed E-state index contributed by atoms with van der Waals surface area (Å²) >= 11 is 0. The Morgan fingerprint density at radius 2 is 1.72 bits per heavy atom. The van der Waals surface area contributed by atoms with Gasteiger partial charge in [-0.15, -0.1) is 0 Å². The molecule has 0 aliphatic carbocycles. The zero-order chi connectivity index (χ0) is 13.7. The minimum atomic E-state index is -0.655. The van der Waals surface area contributed by atoms with Crippen molar-refractivity contribution in [3.63, 3.8) is 0 Å². The lowest BCUT2D eigenvalue weighted by Crippen LogP contribution is -2.39. The number of hydrogen-bond acceptors (Lipinski definition) is 3. The first-order valence-electron chi connectivity index (χ1n) is 5.63. The van der Waals surface area contributed by atoms with Gasteiger partial charge in [0.2, 0.25) is 5.91 Å². The number of carbonyl (C=O) groups is 2. The molecule has 0 radical (unpaired) electrons. The molecule has 1 atom stereocenters. The highest BCUT2D eigenvalue weighted by Crippen LogP contribution is 2.15. The molecule has 1 aromatic rings. The van der Waals surface area contributed by atoms with Gasteiger partial charge in [-0.05, 0) is 24.1 Å². The number of nitrogens with one attached hydrogen (secondary N) is 2. The third kappa shape index (κ3) is 4.06. The third-order valence-electron chi connectivity index (χ3n) is 2.42. The number of benzene rings is 1. The van der Waals surface area contributed by atoms with Gasteiger partial charge in [-0.25, -0.2) is 4.79 Å². The molecule has 1 aromatic carbocycles. The van der Waals surface area contributed by atoms with E-state index in [1.54, 1.807) is 24.3 Å². The fourth-order valence-electron chi connectivity index (χ4n) is 1.35. The Balaban J connectivity index is 2.73. The zero-order valence-electron chi connectivity index (χ0n) is 10.4. The maximum absolute atomic E-state index is 11.7. The van der Waals surface area contributed by atoms with Crippen molar-refractivity contribution >= 4 is 23.3 Å². The Morgan fingerprint density at radius 1 is 1.17 bits per heavy atom. The summed E-state index contributed by atoms with van der Waals surface area (Å²) in [6.07, 6.45) is 0. The van der Waals surface area contributed by atoms with Gasteiger partial charge in [0.1, 0.15) is 0 Å². The first-order valence-corrected chi connectivity index (χ1v) is 5.63. The summed E-state index contributed by atoms with van der Waals surface area (Å²) in [5.74, 6) is -0.210. The van der Waals surface area contributed by atoms with Crippen LogP contribution < -0.4 is 22.1 Å². The number of amides is 3.